The molecule has 2 unspecified atom stereocenters. The molecule has 0 aliphatic heterocycles. The molecule has 1 aromatic heterocycles. The first-order valence-electron chi connectivity index (χ1n) is 6.55. The molecule has 0 spiro atoms. The summed E-state index contributed by atoms with van der Waals surface area (Å²) >= 11 is 3.33. The fourth-order valence-electron chi connectivity index (χ4n) is 2.56. The first-order chi connectivity index (χ1) is 8.66. The normalized spacial score (nSPS) is 23.7. The molecule has 1 aliphatic carbocycles. The Balaban J connectivity index is 1.88. The van der Waals surface area contributed by atoms with Crippen LogP contribution < -0.4 is 5.32 Å². The van der Waals surface area contributed by atoms with Crippen LogP contribution in [0.4, 0.5) is 0 Å². The van der Waals surface area contributed by atoms with E-state index in [2.05, 4.69) is 33.2 Å². The molecule has 0 aromatic carbocycles. The van der Waals surface area contributed by atoms with E-state index in [1.54, 1.807) is 18.5 Å². The largest absolute Gasteiger partial charge is 0.352 e. The van der Waals surface area contributed by atoms with Crippen molar-refractivity contribution >= 4 is 21.8 Å². The zero-order valence-electron chi connectivity index (χ0n) is 10.7. The molecule has 0 saturated heterocycles. The van der Waals surface area contributed by atoms with Crippen LogP contribution in [0.2, 0.25) is 0 Å². The number of nitrogens with one attached hydrogen (secondary N) is 1. The van der Waals surface area contributed by atoms with Crippen LogP contribution in [-0.4, -0.2) is 17.4 Å². The van der Waals surface area contributed by atoms with Crippen molar-refractivity contribution < 1.29 is 4.79 Å². The Morgan fingerprint density at radius 3 is 2.94 bits per heavy atom. The summed E-state index contributed by atoms with van der Waals surface area (Å²) in [4.78, 5) is 16.0. The van der Waals surface area contributed by atoms with Crippen molar-refractivity contribution in [2.24, 2.45) is 11.8 Å². The predicted octanol–water partition coefficient (Wildman–Crippen LogP) is 3.40. The predicted molar refractivity (Wildman–Crippen MR) is 75.4 cm³/mol. The number of nitrogens with zero attached hydrogens (tertiary/aromatic N) is 1. The monoisotopic (exact) mass is 310 g/mol. The Kier molecular flexibility index (Phi) is 4.75. The third-order valence-electron chi connectivity index (χ3n) is 3.78. The van der Waals surface area contributed by atoms with Crippen LogP contribution in [0.3, 0.4) is 0 Å². The number of carbonyl (C=O) groups is 1. The van der Waals surface area contributed by atoms with E-state index in [1.807, 2.05) is 0 Å². The average Bonchev–Trinajstić information content (AvgIpc) is 2.37. The molecule has 18 heavy (non-hydrogen) atoms. The lowest BCUT2D eigenvalue weighted by Gasteiger charge is -2.28. The van der Waals surface area contributed by atoms with E-state index in [9.17, 15) is 4.79 Å². The van der Waals surface area contributed by atoms with Crippen molar-refractivity contribution in [1.82, 2.24) is 10.3 Å². The van der Waals surface area contributed by atoms with E-state index >= 15 is 0 Å². The van der Waals surface area contributed by atoms with Crippen LogP contribution >= 0.6 is 15.9 Å². The highest BCUT2D eigenvalue weighted by Crippen LogP contribution is 2.28. The van der Waals surface area contributed by atoms with Crippen LogP contribution in [-0.2, 0) is 0 Å². The molecule has 1 aromatic rings. The van der Waals surface area contributed by atoms with Crippen LogP contribution in [0.15, 0.2) is 22.9 Å². The molecule has 98 valence electrons. The summed E-state index contributed by atoms with van der Waals surface area (Å²) in [5.41, 5.74) is 0.618. The Hall–Kier alpha value is -0.900. The molecule has 2 atom stereocenters. The van der Waals surface area contributed by atoms with Gasteiger partial charge in [-0.25, -0.2) is 0 Å². The van der Waals surface area contributed by atoms with Crippen LogP contribution in [0.5, 0.6) is 0 Å². The van der Waals surface area contributed by atoms with E-state index in [0.717, 1.165) is 16.9 Å². The van der Waals surface area contributed by atoms with Gasteiger partial charge < -0.3 is 5.32 Å². The minimum Gasteiger partial charge on any atom is -0.352 e. The molecule has 1 saturated carbocycles. The lowest BCUT2D eigenvalue weighted by Crippen LogP contribution is -2.33. The van der Waals surface area contributed by atoms with Crippen molar-refractivity contribution in [2.75, 3.05) is 6.54 Å². The number of hydrogen-bond donors (Lipinski definition) is 1. The molecule has 2 rings (SSSR count). The maximum atomic E-state index is 12.0. The Bertz CT molecular complexity index is 422. The van der Waals surface area contributed by atoms with Crippen LogP contribution in [0.1, 0.15) is 43.0 Å². The molecule has 1 heterocycles. The highest BCUT2D eigenvalue weighted by Gasteiger charge is 2.21. The van der Waals surface area contributed by atoms with Gasteiger partial charge >= 0.3 is 0 Å². The molecule has 0 bridgehead atoms. The molecular weight excluding hydrogens is 292 g/mol. The summed E-state index contributed by atoms with van der Waals surface area (Å²) in [6, 6.07) is 1.80. The van der Waals surface area contributed by atoms with E-state index in [-0.39, 0.29) is 5.91 Å². The molecule has 1 N–H and O–H groups in total. The number of aromatic nitrogens is 1. The lowest BCUT2D eigenvalue weighted by molar-refractivity contribution is 0.0936. The molecule has 1 fully saturated rings. The summed E-state index contributed by atoms with van der Waals surface area (Å²) < 4.78 is 0.834. The van der Waals surface area contributed by atoms with Gasteiger partial charge in [-0.3, -0.25) is 9.78 Å². The van der Waals surface area contributed by atoms with Crippen LogP contribution in [0.25, 0.3) is 0 Å². The summed E-state index contributed by atoms with van der Waals surface area (Å²) in [5, 5.41) is 3.03. The van der Waals surface area contributed by atoms with Gasteiger partial charge in [-0.2, -0.15) is 0 Å². The van der Waals surface area contributed by atoms with E-state index in [1.165, 1.54) is 25.7 Å². The maximum absolute atomic E-state index is 12.0. The molecular formula is C14H19BrN2O. The number of halogens is 1. The Labute approximate surface area is 117 Å². The number of amides is 1. The molecule has 1 amide bonds. The fraction of sp³-hybridized carbons (Fsp3) is 0.571. The van der Waals surface area contributed by atoms with Gasteiger partial charge in [-0.15, -0.1) is 0 Å². The standard InChI is InChI=1S/C14H19BrN2O/c1-10-4-2-3-5-11(10)8-17-14(18)12-6-13(15)9-16-7-12/h6-7,9-11H,2-5,8H2,1H3,(H,17,18). The summed E-state index contributed by atoms with van der Waals surface area (Å²) in [6.45, 7) is 3.07. The third kappa shape index (κ3) is 3.55. The average molecular weight is 311 g/mol. The number of rotatable bonds is 3. The van der Waals surface area contributed by atoms with Crippen molar-refractivity contribution in [3.8, 4) is 0 Å². The Morgan fingerprint density at radius 2 is 2.22 bits per heavy atom. The molecule has 0 radical (unpaired) electrons. The second-order valence-corrected chi connectivity index (χ2v) is 6.04. The quantitative estimate of drug-likeness (QED) is 0.929. The highest BCUT2D eigenvalue weighted by atomic mass is 79.9. The molecule has 3 nitrogen and oxygen atoms in total. The zero-order chi connectivity index (χ0) is 13.0. The number of carbonyl (C=O) groups excluding carboxylic acids is 1. The second kappa shape index (κ2) is 6.32. The van der Waals surface area contributed by atoms with E-state index in [4.69, 9.17) is 0 Å². The highest BCUT2D eigenvalue weighted by molar-refractivity contribution is 9.10. The minimum atomic E-state index is -0.0263. The Morgan fingerprint density at radius 1 is 1.44 bits per heavy atom. The SMILES string of the molecule is CC1CCCCC1CNC(=O)c1cncc(Br)c1. The van der Waals surface area contributed by atoms with Crippen molar-refractivity contribution in [1.29, 1.82) is 0 Å². The van der Waals surface area contributed by atoms with Gasteiger partial charge in [0.25, 0.3) is 5.91 Å². The summed E-state index contributed by atoms with van der Waals surface area (Å²) in [5.74, 6) is 1.32. The smallest absolute Gasteiger partial charge is 0.252 e. The maximum Gasteiger partial charge on any atom is 0.252 e. The number of pyridine rings is 1. The van der Waals surface area contributed by atoms with Gasteiger partial charge in [0.2, 0.25) is 0 Å². The lowest BCUT2D eigenvalue weighted by atomic mass is 9.80. The minimum absolute atomic E-state index is 0.0263. The van der Waals surface area contributed by atoms with Crippen molar-refractivity contribution in [2.45, 2.75) is 32.6 Å². The van der Waals surface area contributed by atoms with Gasteiger partial charge in [0.1, 0.15) is 0 Å². The van der Waals surface area contributed by atoms with Crippen molar-refractivity contribution in [3.63, 3.8) is 0 Å². The van der Waals surface area contributed by atoms with Gasteiger partial charge in [0, 0.05) is 23.4 Å². The molecule has 1 aliphatic rings. The first kappa shape index (κ1) is 13.5. The first-order valence-corrected chi connectivity index (χ1v) is 7.35. The number of hydrogen-bond acceptors (Lipinski definition) is 2. The zero-order valence-corrected chi connectivity index (χ0v) is 12.2. The van der Waals surface area contributed by atoms with Gasteiger partial charge in [-0.1, -0.05) is 26.2 Å². The van der Waals surface area contributed by atoms with E-state index < -0.39 is 0 Å². The summed E-state index contributed by atoms with van der Waals surface area (Å²) in [6.07, 6.45) is 8.44. The van der Waals surface area contributed by atoms with E-state index in [0.29, 0.717) is 11.5 Å². The molecule has 4 heteroatoms. The van der Waals surface area contributed by atoms with Crippen LogP contribution in [0, 0.1) is 11.8 Å². The van der Waals surface area contributed by atoms with Gasteiger partial charge in [-0.05, 0) is 40.3 Å². The van der Waals surface area contributed by atoms with Crippen molar-refractivity contribution in [3.05, 3.63) is 28.5 Å². The summed E-state index contributed by atoms with van der Waals surface area (Å²) in [7, 11) is 0. The fourth-order valence-corrected chi connectivity index (χ4v) is 2.92. The van der Waals surface area contributed by atoms with Gasteiger partial charge in [0.05, 0.1) is 5.56 Å². The van der Waals surface area contributed by atoms with Gasteiger partial charge in [0.15, 0.2) is 0 Å². The third-order valence-corrected chi connectivity index (χ3v) is 4.21. The topological polar surface area (TPSA) is 42.0 Å². The second-order valence-electron chi connectivity index (χ2n) is 5.12.